The molecular formula is C48H74N12O12S2. The highest BCUT2D eigenvalue weighted by Crippen LogP contribution is 2.48. The molecule has 3 fully saturated rings. The zero-order chi connectivity index (χ0) is 54.5. The first-order valence-electron chi connectivity index (χ1n) is 25.1. The molecule has 0 aromatic heterocycles. The van der Waals surface area contributed by atoms with Crippen molar-refractivity contribution in [3.8, 4) is 5.75 Å². The second-order valence-electron chi connectivity index (χ2n) is 19.1. The molecule has 8 atom stereocenters. The van der Waals surface area contributed by atoms with Gasteiger partial charge in [0.2, 0.25) is 65.0 Å². The van der Waals surface area contributed by atoms with E-state index >= 15 is 0 Å². The molecule has 74 heavy (non-hydrogen) atoms. The van der Waals surface area contributed by atoms with Crippen molar-refractivity contribution in [2.75, 3.05) is 32.5 Å². The molecule has 1 aromatic carbocycles. The van der Waals surface area contributed by atoms with Gasteiger partial charge in [0.1, 0.15) is 48.0 Å². The van der Waals surface area contributed by atoms with Gasteiger partial charge in [-0.2, -0.15) is 0 Å². The van der Waals surface area contributed by atoms with E-state index in [2.05, 4.69) is 37.2 Å². The Morgan fingerprint density at radius 1 is 0.824 bits per heavy atom. The van der Waals surface area contributed by atoms with E-state index in [0.29, 0.717) is 43.4 Å². The number of methoxy groups -OCH3 is 1. The van der Waals surface area contributed by atoms with Gasteiger partial charge in [-0.05, 0) is 75.1 Å². The van der Waals surface area contributed by atoms with E-state index in [1.807, 2.05) is 0 Å². The summed E-state index contributed by atoms with van der Waals surface area (Å²) < 4.78 is 4.60. The summed E-state index contributed by atoms with van der Waals surface area (Å²) in [5.74, 6) is -8.88. The maximum Gasteiger partial charge on any atom is 0.246 e. The summed E-state index contributed by atoms with van der Waals surface area (Å²) in [5.41, 5.74) is 22.6. The Bertz CT molecular complexity index is 2180. The largest absolute Gasteiger partial charge is 0.497 e. The van der Waals surface area contributed by atoms with E-state index < -0.39 is 137 Å². The Balaban J connectivity index is 1.77. The summed E-state index contributed by atoms with van der Waals surface area (Å²) >= 11 is 0. The number of carbonyl (C=O) groups is 11. The molecule has 4 rings (SSSR count). The first-order chi connectivity index (χ1) is 35.2. The fraction of sp³-hybridized carbons (Fsp3) is 0.646. The molecule has 2 saturated heterocycles. The topological polar surface area (TPSA) is 389 Å². The average molecular weight is 1080 g/mol. The van der Waals surface area contributed by atoms with E-state index in [1.54, 1.807) is 38.1 Å². The van der Waals surface area contributed by atoms with E-state index in [9.17, 15) is 52.7 Å². The van der Waals surface area contributed by atoms with Crippen molar-refractivity contribution in [2.24, 2.45) is 28.9 Å². The Morgan fingerprint density at radius 3 is 2.11 bits per heavy atom. The van der Waals surface area contributed by atoms with Gasteiger partial charge >= 0.3 is 0 Å². The molecule has 1 spiro atoms. The van der Waals surface area contributed by atoms with Crippen LogP contribution in [0.15, 0.2) is 24.3 Å². The predicted octanol–water partition coefficient (Wildman–Crippen LogP) is -1.85. The molecule has 1 aliphatic carbocycles. The Hall–Kier alpha value is -6.15. The molecule has 1 aromatic rings. The van der Waals surface area contributed by atoms with Crippen LogP contribution >= 0.6 is 21.6 Å². The molecule has 15 N–H and O–H groups in total. The van der Waals surface area contributed by atoms with Crippen molar-refractivity contribution in [2.45, 2.75) is 157 Å². The van der Waals surface area contributed by atoms with Crippen molar-refractivity contribution in [1.29, 1.82) is 0 Å². The number of nitrogens with two attached hydrogens (primary N) is 4. The summed E-state index contributed by atoms with van der Waals surface area (Å²) in [4.78, 5) is 151. The Morgan fingerprint density at radius 2 is 1.49 bits per heavy atom. The van der Waals surface area contributed by atoms with Gasteiger partial charge in [0.15, 0.2) is 0 Å². The van der Waals surface area contributed by atoms with Gasteiger partial charge in [-0.15, -0.1) is 0 Å². The van der Waals surface area contributed by atoms with Crippen LogP contribution in [-0.2, 0) is 59.2 Å². The highest BCUT2D eigenvalue weighted by atomic mass is 33.1. The normalized spacial score (nSPS) is 24.1. The van der Waals surface area contributed by atoms with Gasteiger partial charge in [0, 0.05) is 36.3 Å². The third-order valence-electron chi connectivity index (χ3n) is 13.3. The first-order valence-corrected chi connectivity index (χ1v) is 27.4. The third-order valence-corrected chi connectivity index (χ3v) is 16.6. The lowest BCUT2D eigenvalue weighted by Gasteiger charge is -2.37. The maximum atomic E-state index is 14.8. The molecule has 0 bridgehead atoms. The predicted molar refractivity (Wildman–Crippen MR) is 276 cm³/mol. The van der Waals surface area contributed by atoms with Crippen molar-refractivity contribution in [3.05, 3.63) is 29.8 Å². The van der Waals surface area contributed by atoms with E-state index in [1.165, 1.54) is 33.6 Å². The number of primary amides is 3. The van der Waals surface area contributed by atoms with Gasteiger partial charge in [-0.25, -0.2) is 0 Å². The molecule has 3 aliphatic rings. The Labute approximate surface area is 438 Å². The summed E-state index contributed by atoms with van der Waals surface area (Å²) in [6.45, 7) is 3.27. The van der Waals surface area contributed by atoms with Gasteiger partial charge in [-0.3, -0.25) is 52.7 Å². The number of amides is 11. The van der Waals surface area contributed by atoms with Gasteiger partial charge in [0.05, 0.1) is 20.1 Å². The van der Waals surface area contributed by atoms with Crippen LogP contribution in [0.5, 0.6) is 5.75 Å². The minimum absolute atomic E-state index is 0.0199. The van der Waals surface area contributed by atoms with Crippen LogP contribution in [0.4, 0.5) is 0 Å². The number of likely N-dealkylation sites (tertiary alicyclic amines) is 1. The smallest absolute Gasteiger partial charge is 0.246 e. The zero-order valence-corrected chi connectivity index (χ0v) is 44.0. The number of carbonyl (C=O) groups excluding carboxylic acids is 11. The fourth-order valence-corrected chi connectivity index (χ4v) is 12.4. The monoisotopic (exact) mass is 1070 g/mol. The SMILES string of the molecule is CC[C@H](C)[C@@H]1NC(=O)[C@H](Cc2ccc(OC)cc2)NC(=O)CC2(CCCCC2)SSC[C@@H](C(=O)N2CCC[C@H]2C(=O)N[C@@H](CCCN)C(=O)NCC(N)=O)NC(=O)[C@H](CC(N)=O)NC(=O)C(CCC(N)=O)NC1=O. The number of benzene rings is 1. The summed E-state index contributed by atoms with van der Waals surface area (Å²) in [6, 6.07) is -2.52. The van der Waals surface area contributed by atoms with Crippen molar-refractivity contribution >= 4 is 86.6 Å². The molecular weight excluding hydrogens is 1000 g/mol. The minimum atomic E-state index is -1.73. The number of nitrogens with zero attached hydrogens (tertiary/aromatic N) is 1. The molecule has 24 nitrogen and oxygen atoms in total. The first kappa shape index (κ1) is 60.4. The van der Waals surface area contributed by atoms with Gasteiger partial charge in [-0.1, -0.05) is 73.3 Å². The van der Waals surface area contributed by atoms with E-state index in [4.69, 9.17) is 27.7 Å². The lowest BCUT2D eigenvalue weighted by molar-refractivity contribution is -0.142. The van der Waals surface area contributed by atoms with E-state index in [-0.39, 0.29) is 50.9 Å². The molecule has 2 aliphatic heterocycles. The standard InChI is InChI=1S/C48H74N12O12S2/c1-4-27(2)40-46(70)56-31(16-17-36(50)61)42(66)57-33(23-37(51)62)43(67)58-34(47(71)60-21-9-11-35(60)45(69)55-30(10-8-20-49)41(65)53-25-38(52)63)26-73-74-48(18-6-5-7-19-48)24-39(64)54-32(44(68)59-40)22-28-12-14-29(72-3)15-13-28/h12-15,27,30-35,40H,4-11,16-26,49H2,1-3H3,(H2,50,61)(H2,51,62)(H2,52,63)(H,53,65)(H,54,64)(H,55,69)(H,56,70)(H,57,66)(H,58,67)(H,59,68)/t27-,30-,31?,32-,33-,34-,35-,40-/m0/s1. The van der Waals surface area contributed by atoms with Crippen molar-refractivity contribution < 1.29 is 57.5 Å². The van der Waals surface area contributed by atoms with Crippen molar-refractivity contribution in [3.63, 3.8) is 0 Å². The molecule has 0 radical (unpaired) electrons. The molecule has 11 amide bonds. The number of hydrogen-bond acceptors (Lipinski definition) is 15. The second kappa shape index (κ2) is 29.7. The molecule has 26 heteroatoms. The quantitative estimate of drug-likeness (QED) is 0.0678. The van der Waals surface area contributed by atoms with E-state index in [0.717, 1.165) is 19.3 Å². The number of ether oxygens (including phenoxy) is 1. The lowest BCUT2D eigenvalue weighted by Crippen LogP contribution is -2.61. The molecule has 1 unspecified atom stereocenters. The Kier molecular flexibility index (Phi) is 24.2. The number of rotatable bonds is 19. The van der Waals surface area contributed by atoms with Gasteiger partial charge in [0.25, 0.3) is 0 Å². The summed E-state index contributed by atoms with van der Waals surface area (Å²) in [5, 5.41) is 18.5. The van der Waals surface area contributed by atoms with Crippen LogP contribution in [0.2, 0.25) is 0 Å². The van der Waals surface area contributed by atoms with Crippen LogP contribution in [0.3, 0.4) is 0 Å². The van der Waals surface area contributed by atoms with Crippen LogP contribution < -0.4 is 64.9 Å². The highest BCUT2D eigenvalue weighted by molar-refractivity contribution is 8.77. The van der Waals surface area contributed by atoms with Crippen LogP contribution in [0.1, 0.15) is 109 Å². The molecule has 2 heterocycles. The molecule has 1 saturated carbocycles. The van der Waals surface area contributed by atoms with Gasteiger partial charge < -0.3 is 69.8 Å². The molecule has 410 valence electrons. The number of hydrogen-bond donors (Lipinski definition) is 11. The average Bonchev–Trinajstić information content (AvgIpc) is 3.86. The fourth-order valence-electron chi connectivity index (χ4n) is 9.02. The summed E-state index contributed by atoms with van der Waals surface area (Å²) in [7, 11) is 4.06. The number of nitrogens with one attached hydrogen (secondary N) is 7. The third kappa shape index (κ3) is 18.7. The van der Waals surface area contributed by atoms with Crippen LogP contribution in [-0.4, -0.2) is 149 Å². The minimum Gasteiger partial charge on any atom is -0.497 e. The summed E-state index contributed by atoms with van der Waals surface area (Å²) in [6.07, 6.45) is 3.39. The zero-order valence-electron chi connectivity index (χ0n) is 42.3. The highest BCUT2D eigenvalue weighted by Gasteiger charge is 2.42. The van der Waals surface area contributed by atoms with Crippen LogP contribution in [0, 0.1) is 5.92 Å². The van der Waals surface area contributed by atoms with Crippen molar-refractivity contribution in [1.82, 2.24) is 42.1 Å². The van der Waals surface area contributed by atoms with Crippen LogP contribution in [0.25, 0.3) is 0 Å². The lowest BCUT2D eigenvalue weighted by atomic mass is 9.85. The second-order valence-corrected chi connectivity index (χ2v) is 21.9. The maximum absolute atomic E-state index is 14.8.